The third-order valence-corrected chi connectivity index (χ3v) is 5.13. The molecule has 0 unspecified atom stereocenters. The Morgan fingerprint density at radius 1 is 1.26 bits per heavy atom. The van der Waals surface area contributed by atoms with E-state index in [-0.39, 0.29) is 6.41 Å². The van der Waals surface area contributed by atoms with E-state index in [0.717, 1.165) is 25.7 Å². The van der Waals surface area contributed by atoms with Gasteiger partial charge in [0.2, 0.25) is 6.41 Å². The third kappa shape index (κ3) is 4.55. The first-order valence-electron chi connectivity index (χ1n) is 8.23. The second kappa shape index (κ2) is 8.11. The summed E-state index contributed by atoms with van der Waals surface area (Å²) < 4.78 is 0. The van der Waals surface area contributed by atoms with E-state index in [0.29, 0.717) is 23.3 Å². The molecule has 1 fully saturated rings. The van der Waals surface area contributed by atoms with Gasteiger partial charge in [0.25, 0.3) is 0 Å². The molecule has 1 aromatic carbocycles. The molecule has 0 aromatic heterocycles. The quantitative estimate of drug-likeness (QED) is 0.459. The Kier molecular flexibility index (Phi) is 6.16. The van der Waals surface area contributed by atoms with E-state index in [1.807, 2.05) is 6.07 Å². The van der Waals surface area contributed by atoms with Crippen molar-refractivity contribution in [3.8, 4) is 0 Å². The normalized spacial score (nSPS) is 23.7. The smallest absolute Gasteiger partial charge is 0.308 e. The van der Waals surface area contributed by atoms with E-state index in [9.17, 15) is 19.9 Å². The highest BCUT2D eigenvalue weighted by molar-refractivity contribution is 5.71. The highest BCUT2D eigenvalue weighted by atomic mass is 16.5. The monoisotopic (exact) mass is 319 g/mol. The van der Waals surface area contributed by atoms with Crippen molar-refractivity contribution in [1.82, 2.24) is 5.06 Å². The number of carboxylic acid groups (broad SMARTS) is 1. The van der Waals surface area contributed by atoms with Crippen LogP contribution in [0.2, 0.25) is 0 Å². The molecule has 0 saturated heterocycles. The van der Waals surface area contributed by atoms with E-state index in [2.05, 4.69) is 24.3 Å². The Morgan fingerprint density at radius 3 is 2.39 bits per heavy atom. The summed E-state index contributed by atoms with van der Waals surface area (Å²) in [4.78, 5) is 22.1. The van der Waals surface area contributed by atoms with Gasteiger partial charge in [0.15, 0.2) is 0 Å². The summed E-state index contributed by atoms with van der Waals surface area (Å²) in [7, 11) is 0. The van der Waals surface area contributed by atoms with E-state index < -0.39 is 17.9 Å². The van der Waals surface area contributed by atoms with Crippen molar-refractivity contribution in [1.29, 1.82) is 0 Å². The van der Waals surface area contributed by atoms with Crippen LogP contribution in [0.15, 0.2) is 30.3 Å². The van der Waals surface area contributed by atoms with Gasteiger partial charge in [-0.15, -0.1) is 0 Å². The lowest BCUT2D eigenvalue weighted by Crippen LogP contribution is -2.40. The van der Waals surface area contributed by atoms with Gasteiger partial charge >= 0.3 is 5.97 Å². The summed E-state index contributed by atoms with van der Waals surface area (Å²) >= 11 is 0. The van der Waals surface area contributed by atoms with Gasteiger partial charge in [-0.05, 0) is 56.4 Å². The number of rotatable bonds is 7. The number of carboxylic acids is 1. The van der Waals surface area contributed by atoms with Crippen LogP contribution in [0.3, 0.4) is 0 Å². The number of benzene rings is 1. The van der Waals surface area contributed by atoms with Crippen molar-refractivity contribution in [3.63, 3.8) is 0 Å². The topological polar surface area (TPSA) is 77.8 Å². The van der Waals surface area contributed by atoms with Crippen LogP contribution in [0.4, 0.5) is 0 Å². The van der Waals surface area contributed by atoms with Gasteiger partial charge < -0.3 is 5.11 Å². The zero-order valence-corrected chi connectivity index (χ0v) is 13.5. The standard InChI is InChI=1S/C18H25NO4/c1-13(19(23)12-20)17(18(21)22)11-14-7-9-16(10-8-14)15-5-3-2-4-6-15/h2-6,12-14,16-17,23H,7-11H2,1H3,(H,21,22)/t13-,14?,16?,17+/m0/s1. The lowest BCUT2D eigenvalue weighted by atomic mass is 9.75. The first-order chi connectivity index (χ1) is 11.0. The van der Waals surface area contributed by atoms with Gasteiger partial charge in [-0.2, -0.15) is 0 Å². The molecule has 1 saturated carbocycles. The summed E-state index contributed by atoms with van der Waals surface area (Å²) in [5, 5.41) is 19.3. The van der Waals surface area contributed by atoms with Crippen molar-refractivity contribution in [3.05, 3.63) is 35.9 Å². The number of amides is 1. The van der Waals surface area contributed by atoms with Crippen LogP contribution in [-0.4, -0.2) is 33.8 Å². The number of carbonyl (C=O) groups is 2. The van der Waals surface area contributed by atoms with Crippen LogP contribution in [0.25, 0.3) is 0 Å². The Morgan fingerprint density at radius 2 is 1.87 bits per heavy atom. The Hall–Kier alpha value is -1.88. The number of aliphatic carboxylic acids is 1. The number of hydrogen-bond acceptors (Lipinski definition) is 3. The predicted octanol–water partition coefficient (Wildman–Crippen LogP) is 3.29. The fourth-order valence-electron chi connectivity index (χ4n) is 3.60. The van der Waals surface area contributed by atoms with E-state index in [4.69, 9.17) is 0 Å². The van der Waals surface area contributed by atoms with Gasteiger partial charge in [0.05, 0.1) is 12.0 Å². The zero-order chi connectivity index (χ0) is 16.8. The number of carbonyl (C=O) groups excluding carboxylic acids is 1. The molecule has 0 radical (unpaired) electrons. The van der Waals surface area contributed by atoms with E-state index in [1.54, 1.807) is 6.92 Å². The van der Waals surface area contributed by atoms with Gasteiger partial charge in [0.1, 0.15) is 0 Å². The fourth-order valence-corrected chi connectivity index (χ4v) is 3.60. The maximum Gasteiger partial charge on any atom is 0.308 e. The Labute approximate surface area is 136 Å². The molecule has 0 bridgehead atoms. The highest BCUT2D eigenvalue weighted by Gasteiger charge is 2.33. The number of hydroxylamine groups is 2. The molecule has 5 nitrogen and oxygen atoms in total. The summed E-state index contributed by atoms with van der Waals surface area (Å²) in [5.41, 5.74) is 1.36. The zero-order valence-electron chi connectivity index (χ0n) is 13.5. The second-order valence-corrected chi connectivity index (χ2v) is 6.53. The molecule has 2 atom stereocenters. The van der Waals surface area contributed by atoms with E-state index in [1.165, 1.54) is 5.56 Å². The fraction of sp³-hybridized carbons (Fsp3) is 0.556. The minimum absolute atomic E-state index is 0.271. The molecule has 126 valence electrons. The molecule has 1 aromatic rings. The molecule has 23 heavy (non-hydrogen) atoms. The van der Waals surface area contributed by atoms with Crippen molar-refractivity contribution >= 4 is 12.4 Å². The molecule has 0 spiro atoms. The first-order valence-corrected chi connectivity index (χ1v) is 8.23. The summed E-state index contributed by atoms with van der Waals surface area (Å²) in [6.45, 7) is 1.57. The van der Waals surface area contributed by atoms with Crippen molar-refractivity contribution < 1.29 is 19.9 Å². The van der Waals surface area contributed by atoms with E-state index >= 15 is 0 Å². The van der Waals surface area contributed by atoms with Gasteiger partial charge in [-0.1, -0.05) is 30.3 Å². The minimum Gasteiger partial charge on any atom is -0.481 e. The predicted molar refractivity (Wildman–Crippen MR) is 86.0 cm³/mol. The molecular formula is C18H25NO4. The largest absolute Gasteiger partial charge is 0.481 e. The van der Waals surface area contributed by atoms with Crippen molar-refractivity contribution in [2.45, 2.75) is 51.0 Å². The number of nitrogens with zero attached hydrogens (tertiary/aromatic N) is 1. The van der Waals surface area contributed by atoms with Crippen molar-refractivity contribution in [2.75, 3.05) is 0 Å². The summed E-state index contributed by atoms with van der Waals surface area (Å²) in [5.74, 6) is -0.803. The van der Waals surface area contributed by atoms with Gasteiger partial charge in [-0.3, -0.25) is 14.8 Å². The van der Waals surface area contributed by atoms with Crippen LogP contribution >= 0.6 is 0 Å². The summed E-state index contributed by atoms with van der Waals surface area (Å²) in [6.07, 6.45) is 4.87. The first kappa shape index (κ1) is 17.5. The third-order valence-electron chi connectivity index (χ3n) is 5.13. The molecule has 2 N–H and O–H groups in total. The minimum atomic E-state index is -0.955. The molecule has 1 aliphatic carbocycles. The maximum absolute atomic E-state index is 11.5. The highest BCUT2D eigenvalue weighted by Crippen LogP contribution is 2.38. The maximum atomic E-state index is 11.5. The molecular weight excluding hydrogens is 294 g/mol. The Balaban J connectivity index is 1.91. The van der Waals surface area contributed by atoms with Gasteiger partial charge in [-0.25, -0.2) is 5.06 Å². The average Bonchev–Trinajstić information content (AvgIpc) is 2.59. The van der Waals surface area contributed by atoms with Crippen LogP contribution in [-0.2, 0) is 9.59 Å². The SMILES string of the molecule is C[C@@H]([C@@H](CC1CCC(c2ccccc2)CC1)C(=O)O)N(O)C=O. The van der Waals surface area contributed by atoms with Crippen LogP contribution in [0, 0.1) is 11.8 Å². The Bertz CT molecular complexity index is 511. The second-order valence-electron chi connectivity index (χ2n) is 6.53. The van der Waals surface area contributed by atoms with Crippen LogP contribution in [0.5, 0.6) is 0 Å². The van der Waals surface area contributed by atoms with Crippen molar-refractivity contribution in [2.24, 2.45) is 11.8 Å². The van der Waals surface area contributed by atoms with Crippen LogP contribution in [0.1, 0.15) is 50.5 Å². The summed E-state index contributed by atoms with van der Waals surface area (Å²) in [6, 6.07) is 9.72. The number of hydrogen-bond donors (Lipinski definition) is 2. The lowest BCUT2D eigenvalue weighted by molar-refractivity contribution is -0.171. The molecule has 1 amide bonds. The molecule has 0 aliphatic heterocycles. The molecule has 0 heterocycles. The molecule has 2 rings (SSSR count). The van der Waals surface area contributed by atoms with Gasteiger partial charge in [0, 0.05) is 0 Å². The average molecular weight is 319 g/mol. The molecule has 5 heteroatoms. The molecule has 1 aliphatic rings. The van der Waals surface area contributed by atoms with Crippen LogP contribution < -0.4 is 0 Å². The lowest BCUT2D eigenvalue weighted by Gasteiger charge is -2.32.